The Morgan fingerprint density at radius 3 is 2.33 bits per heavy atom. The molecule has 1 saturated carbocycles. The number of aliphatic carboxylic acids is 1. The first-order chi connectivity index (χ1) is 8.65. The van der Waals surface area contributed by atoms with Gasteiger partial charge in [-0.1, -0.05) is 44.0 Å². The number of carboxylic acid groups (broad SMARTS) is 1. The van der Waals surface area contributed by atoms with Gasteiger partial charge in [-0.05, 0) is 41.9 Å². The van der Waals surface area contributed by atoms with E-state index in [2.05, 4.69) is 19.1 Å². The second-order valence-corrected chi connectivity index (χ2v) is 5.30. The van der Waals surface area contributed by atoms with Crippen molar-refractivity contribution in [3.63, 3.8) is 0 Å². The number of carbonyl (C=O) groups is 1. The molecule has 1 fully saturated rings. The number of benzene rings is 1. The zero-order valence-electron chi connectivity index (χ0n) is 10.8. The minimum absolute atomic E-state index is 0.693. The number of rotatable bonds is 3. The van der Waals surface area contributed by atoms with E-state index < -0.39 is 5.97 Å². The van der Waals surface area contributed by atoms with Crippen molar-refractivity contribution < 1.29 is 9.90 Å². The summed E-state index contributed by atoms with van der Waals surface area (Å²) >= 11 is 0. The topological polar surface area (TPSA) is 37.3 Å². The van der Waals surface area contributed by atoms with Crippen LogP contribution in [0.3, 0.4) is 0 Å². The molecule has 0 heterocycles. The second kappa shape index (κ2) is 5.85. The van der Waals surface area contributed by atoms with Gasteiger partial charge in [0, 0.05) is 6.08 Å². The van der Waals surface area contributed by atoms with E-state index in [4.69, 9.17) is 5.11 Å². The highest BCUT2D eigenvalue weighted by atomic mass is 16.4. The van der Waals surface area contributed by atoms with Gasteiger partial charge in [0.1, 0.15) is 0 Å². The van der Waals surface area contributed by atoms with E-state index in [1.807, 2.05) is 12.1 Å². The van der Waals surface area contributed by atoms with Crippen LogP contribution in [-0.4, -0.2) is 11.1 Å². The van der Waals surface area contributed by atoms with Crippen molar-refractivity contribution in [2.45, 2.75) is 38.5 Å². The molecular weight excluding hydrogens is 224 g/mol. The molecule has 96 valence electrons. The lowest BCUT2D eigenvalue weighted by Crippen LogP contribution is -2.10. The molecule has 0 atom stereocenters. The smallest absolute Gasteiger partial charge is 0.328 e. The van der Waals surface area contributed by atoms with Crippen LogP contribution in [0, 0.1) is 5.92 Å². The Kier molecular flexibility index (Phi) is 4.19. The third kappa shape index (κ3) is 3.46. The molecule has 0 aliphatic heterocycles. The predicted molar refractivity (Wildman–Crippen MR) is 73.5 cm³/mol. The molecule has 0 unspecified atom stereocenters. The summed E-state index contributed by atoms with van der Waals surface area (Å²) in [6.45, 7) is 2.33. The number of hydrogen-bond donors (Lipinski definition) is 1. The maximum absolute atomic E-state index is 10.4. The molecule has 0 radical (unpaired) electrons. The Labute approximate surface area is 108 Å². The predicted octanol–water partition coefficient (Wildman–Crippen LogP) is 4.08. The van der Waals surface area contributed by atoms with Gasteiger partial charge in [0.2, 0.25) is 0 Å². The van der Waals surface area contributed by atoms with E-state index in [0.29, 0.717) is 5.92 Å². The zero-order chi connectivity index (χ0) is 13.0. The van der Waals surface area contributed by atoms with Crippen molar-refractivity contribution in [2.75, 3.05) is 0 Å². The van der Waals surface area contributed by atoms with Gasteiger partial charge in [0.25, 0.3) is 0 Å². The van der Waals surface area contributed by atoms with Gasteiger partial charge in [0.05, 0.1) is 0 Å². The second-order valence-electron chi connectivity index (χ2n) is 5.30. The highest BCUT2D eigenvalue weighted by molar-refractivity contribution is 5.85. The Bertz CT molecular complexity index is 423. The van der Waals surface area contributed by atoms with Crippen molar-refractivity contribution in [1.29, 1.82) is 0 Å². The van der Waals surface area contributed by atoms with Gasteiger partial charge in [-0.2, -0.15) is 0 Å². The summed E-state index contributed by atoms with van der Waals surface area (Å²) in [6, 6.07) is 8.30. The van der Waals surface area contributed by atoms with Crippen LogP contribution in [0.1, 0.15) is 49.7 Å². The van der Waals surface area contributed by atoms with Crippen LogP contribution in [0.5, 0.6) is 0 Å². The van der Waals surface area contributed by atoms with Crippen molar-refractivity contribution >= 4 is 12.0 Å². The molecule has 0 aromatic heterocycles. The molecule has 0 amide bonds. The molecule has 1 N–H and O–H groups in total. The van der Waals surface area contributed by atoms with Gasteiger partial charge in [-0.3, -0.25) is 0 Å². The summed E-state index contributed by atoms with van der Waals surface area (Å²) in [5.74, 6) is 0.665. The fourth-order valence-corrected chi connectivity index (χ4v) is 2.64. The minimum Gasteiger partial charge on any atom is -0.478 e. The quantitative estimate of drug-likeness (QED) is 0.813. The van der Waals surface area contributed by atoms with E-state index in [9.17, 15) is 4.79 Å². The van der Waals surface area contributed by atoms with Crippen LogP contribution in [0.25, 0.3) is 6.08 Å². The van der Waals surface area contributed by atoms with Gasteiger partial charge in [-0.25, -0.2) is 4.79 Å². The Balaban J connectivity index is 2.01. The van der Waals surface area contributed by atoms with E-state index in [1.165, 1.54) is 37.3 Å². The molecule has 2 nitrogen and oxygen atoms in total. The first-order valence-corrected chi connectivity index (χ1v) is 6.66. The van der Waals surface area contributed by atoms with E-state index in [1.54, 1.807) is 6.08 Å². The van der Waals surface area contributed by atoms with E-state index >= 15 is 0 Å². The minimum atomic E-state index is -0.902. The number of hydrogen-bond acceptors (Lipinski definition) is 1. The summed E-state index contributed by atoms with van der Waals surface area (Å²) in [5.41, 5.74) is 2.35. The van der Waals surface area contributed by atoms with Crippen molar-refractivity contribution in [2.24, 2.45) is 5.92 Å². The summed E-state index contributed by atoms with van der Waals surface area (Å²) < 4.78 is 0. The zero-order valence-corrected chi connectivity index (χ0v) is 10.8. The fraction of sp³-hybridized carbons (Fsp3) is 0.438. The van der Waals surface area contributed by atoms with Gasteiger partial charge >= 0.3 is 5.97 Å². The maximum Gasteiger partial charge on any atom is 0.328 e. The van der Waals surface area contributed by atoms with Crippen molar-refractivity contribution in [1.82, 2.24) is 0 Å². The van der Waals surface area contributed by atoms with Crippen LogP contribution in [0.15, 0.2) is 30.3 Å². The lowest BCUT2D eigenvalue weighted by atomic mass is 9.79. The van der Waals surface area contributed by atoms with Crippen LogP contribution in [0.4, 0.5) is 0 Å². The SMILES string of the molecule is C[C@H]1CC[C@H](c2ccc(/C=C/C(=O)O)cc2)CC1. The van der Waals surface area contributed by atoms with Crippen molar-refractivity contribution in [3.05, 3.63) is 41.5 Å². The Morgan fingerprint density at radius 1 is 1.17 bits per heavy atom. The normalized spacial score (nSPS) is 24.3. The highest BCUT2D eigenvalue weighted by Crippen LogP contribution is 2.35. The van der Waals surface area contributed by atoms with E-state index in [-0.39, 0.29) is 0 Å². The molecule has 0 bridgehead atoms. The van der Waals surface area contributed by atoms with Gasteiger partial charge < -0.3 is 5.11 Å². The molecule has 0 saturated heterocycles. The maximum atomic E-state index is 10.4. The van der Waals surface area contributed by atoms with E-state index in [0.717, 1.165) is 11.5 Å². The Hall–Kier alpha value is -1.57. The first-order valence-electron chi connectivity index (χ1n) is 6.66. The molecule has 2 heteroatoms. The monoisotopic (exact) mass is 244 g/mol. The molecular formula is C16H20O2. The molecule has 1 aliphatic carbocycles. The third-order valence-electron chi connectivity index (χ3n) is 3.84. The highest BCUT2D eigenvalue weighted by Gasteiger charge is 2.19. The lowest BCUT2D eigenvalue weighted by Gasteiger charge is -2.26. The molecule has 18 heavy (non-hydrogen) atoms. The summed E-state index contributed by atoms with van der Waals surface area (Å²) in [5, 5.41) is 8.57. The largest absolute Gasteiger partial charge is 0.478 e. The summed E-state index contributed by atoms with van der Waals surface area (Å²) in [7, 11) is 0. The van der Waals surface area contributed by atoms with Gasteiger partial charge in [0.15, 0.2) is 0 Å². The van der Waals surface area contributed by atoms with Gasteiger partial charge in [-0.15, -0.1) is 0 Å². The summed E-state index contributed by atoms with van der Waals surface area (Å²) in [4.78, 5) is 10.4. The molecule has 0 spiro atoms. The van der Waals surface area contributed by atoms with Crippen molar-refractivity contribution in [3.8, 4) is 0 Å². The molecule has 1 aromatic carbocycles. The lowest BCUT2D eigenvalue weighted by molar-refractivity contribution is -0.131. The molecule has 2 rings (SSSR count). The summed E-state index contributed by atoms with van der Waals surface area (Å²) in [6.07, 6.45) is 8.03. The van der Waals surface area contributed by atoms with Crippen LogP contribution < -0.4 is 0 Å². The van der Waals surface area contributed by atoms with Crippen LogP contribution in [0.2, 0.25) is 0 Å². The average Bonchev–Trinajstić information content (AvgIpc) is 2.38. The van der Waals surface area contributed by atoms with Crippen LogP contribution in [-0.2, 0) is 4.79 Å². The fourth-order valence-electron chi connectivity index (χ4n) is 2.64. The molecule has 1 aliphatic rings. The third-order valence-corrected chi connectivity index (χ3v) is 3.84. The standard InChI is InChI=1S/C16H20O2/c1-12-2-7-14(8-3-12)15-9-4-13(5-10-15)6-11-16(17)18/h4-6,9-12,14H,2-3,7-8H2,1H3,(H,17,18)/b11-6+/t12-,14-. The Morgan fingerprint density at radius 2 is 1.78 bits per heavy atom. The average molecular weight is 244 g/mol. The van der Waals surface area contributed by atoms with Crippen LogP contribution >= 0.6 is 0 Å². The first kappa shape index (κ1) is 12.9. The molecule has 1 aromatic rings. The number of carboxylic acids is 1.